The van der Waals surface area contributed by atoms with Gasteiger partial charge in [-0.2, -0.15) is 0 Å². The van der Waals surface area contributed by atoms with Crippen LogP contribution in [-0.2, 0) is 21.2 Å². The highest BCUT2D eigenvalue weighted by atomic mass is 79.9. The van der Waals surface area contributed by atoms with Crippen LogP contribution in [0, 0.1) is 0 Å². The van der Waals surface area contributed by atoms with Crippen LogP contribution in [0.15, 0.2) is 45.1 Å². The Morgan fingerprint density at radius 1 is 1.15 bits per heavy atom. The zero-order chi connectivity index (χ0) is 20.0. The number of sulfonamides is 1. The van der Waals surface area contributed by atoms with Crippen molar-refractivity contribution in [1.82, 2.24) is 15.2 Å². The van der Waals surface area contributed by atoms with Crippen molar-refractivity contribution >= 4 is 49.1 Å². The molecule has 2 amide bonds. The summed E-state index contributed by atoms with van der Waals surface area (Å²) in [6, 6.07) is 9.60. The fraction of sp³-hybridized carbons (Fsp3) is 0.294. The Labute approximate surface area is 170 Å². The Kier molecular flexibility index (Phi) is 7.54. The second-order valence-electron chi connectivity index (χ2n) is 5.88. The highest BCUT2D eigenvalue weighted by molar-refractivity contribution is 9.11. The number of halogens is 1. The fourth-order valence-electron chi connectivity index (χ4n) is 2.18. The lowest BCUT2D eigenvalue weighted by atomic mass is 10.2. The summed E-state index contributed by atoms with van der Waals surface area (Å²) in [5.74, 6) is -0.891. The van der Waals surface area contributed by atoms with Gasteiger partial charge in [0.15, 0.2) is 0 Å². The van der Waals surface area contributed by atoms with Gasteiger partial charge in [0.1, 0.15) is 0 Å². The molecule has 0 bridgehead atoms. The molecule has 1 aromatic carbocycles. The highest BCUT2D eigenvalue weighted by Crippen LogP contribution is 2.23. The first-order chi connectivity index (χ1) is 12.7. The molecule has 0 saturated carbocycles. The molecular weight excluding hydrogens is 454 g/mol. The predicted molar refractivity (Wildman–Crippen MR) is 108 cm³/mol. The number of carbonyl (C=O) groups is 2. The number of benzene rings is 1. The number of thiophene rings is 1. The molecule has 146 valence electrons. The lowest BCUT2D eigenvalue weighted by Crippen LogP contribution is -2.41. The summed E-state index contributed by atoms with van der Waals surface area (Å²) < 4.78 is 26.4. The Morgan fingerprint density at radius 3 is 2.52 bits per heavy atom. The summed E-state index contributed by atoms with van der Waals surface area (Å²) in [5.41, 5.74) is 4.80. The van der Waals surface area contributed by atoms with Gasteiger partial charge in [0.25, 0.3) is 5.91 Å². The van der Waals surface area contributed by atoms with Gasteiger partial charge in [0.2, 0.25) is 15.9 Å². The van der Waals surface area contributed by atoms with Gasteiger partial charge in [0, 0.05) is 31.0 Å². The summed E-state index contributed by atoms with van der Waals surface area (Å²) >= 11 is 5.02. The van der Waals surface area contributed by atoms with Crippen LogP contribution in [0.2, 0.25) is 0 Å². The second-order valence-corrected chi connectivity index (χ2v) is 10.6. The van der Waals surface area contributed by atoms with E-state index < -0.39 is 15.9 Å². The third-order valence-electron chi connectivity index (χ3n) is 3.65. The van der Waals surface area contributed by atoms with Crippen molar-refractivity contribution in [2.75, 3.05) is 14.1 Å². The number of nitrogens with zero attached hydrogens (tertiary/aromatic N) is 1. The third-order valence-corrected chi connectivity index (χ3v) is 7.14. The molecule has 2 aromatic rings. The largest absolute Gasteiger partial charge is 0.273 e. The van der Waals surface area contributed by atoms with Crippen LogP contribution >= 0.6 is 27.3 Å². The van der Waals surface area contributed by atoms with Crippen LogP contribution in [-0.4, -0.2) is 38.6 Å². The van der Waals surface area contributed by atoms with Gasteiger partial charge < -0.3 is 0 Å². The highest BCUT2D eigenvalue weighted by Gasteiger charge is 2.18. The van der Waals surface area contributed by atoms with E-state index in [2.05, 4.69) is 26.8 Å². The molecule has 2 N–H and O–H groups in total. The van der Waals surface area contributed by atoms with E-state index in [1.165, 1.54) is 43.2 Å². The maximum absolute atomic E-state index is 12.2. The first-order valence-electron chi connectivity index (χ1n) is 8.06. The van der Waals surface area contributed by atoms with Crippen LogP contribution in [0.3, 0.4) is 0 Å². The number of carbonyl (C=O) groups excluding carboxylic acids is 2. The minimum atomic E-state index is -3.64. The lowest BCUT2D eigenvalue weighted by Gasteiger charge is -2.12. The lowest BCUT2D eigenvalue weighted by molar-refractivity contribution is -0.121. The van der Waals surface area contributed by atoms with Crippen LogP contribution in [0.1, 0.15) is 28.1 Å². The Bertz CT molecular complexity index is 926. The molecule has 0 fully saturated rings. The van der Waals surface area contributed by atoms with Crippen molar-refractivity contribution in [3.05, 3.63) is 50.6 Å². The first-order valence-corrected chi connectivity index (χ1v) is 11.1. The molecule has 1 heterocycles. The van der Waals surface area contributed by atoms with Crippen LogP contribution in [0.5, 0.6) is 0 Å². The van der Waals surface area contributed by atoms with Gasteiger partial charge in [-0.05, 0) is 59.1 Å². The number of aryl methyl sites for hydroxylation is 1. The predicted octanol–water partition coefficient (Wildman–Crippen LogP) is 2.54. The van der Waals surface area contributed by atoms with Gasteiger partial charge in [-0.1, -0.05) is 6.07 Å². The standard InChI is InChI=1S/C17H20BrN3O4S2/c1-21(2)27(24,25)14-7-3-5-12(11-14)17(23)20-19-16(22)8-4-6-13-9-10-15(18)26-13/h3,5,7,9-11H,4,6,8H2,1-2H3,(H,19,22)(H,20,23). The molecular formula is C17H20BrN3O4S2. The van der Waals surface area contributed by atoms with E-state index in [9.17, 15) is 18.0 Å². The molecule has 2 rings (SSSR count). The molecule has 0 aliphatic carbocycles. The van der Waals surface area contributed by atoms with Crippen LogP contribution in [0.4, 0.5) is 0 Å². The zero-order valence-corrected chi connectivity index (χ0v) is 18.1. The van der Waals surface area contributed by atoms with Gasteiger partial charge >= 0.3 is 0 Å². The molecule has 0 aliphatic heterocycles. The molecule has 27 heavy (non-hydrogen) atoms. The molecule has 0 aliphatic rings. The summed E-state index contributed by atoms with van der Waals surface area (Å²) in [4.78, 5) is 25.2. The van der Waals surface area contributed by atoms with Crippen molar-refractivity contribution in [2.45, 2.75) is 24.2 Å². The molecule has 0 saturated heterocycles. The van der Waals surface area contributed by atoms with Gasteiger partial charge in [-0.3, -0.25) is 20.4 Å². The van der Waals surface area contributed by atoms with Gasteiger partial charge in [0.05, 0.1) is 8.68 Å². The van der Waals surface area contributed by atoms with E-state index >= 15 is 0 Å². The molecule has 0 spiro atoms. The quantitative estimate of drug-likeness (QED) is 0.603. The van der Waals surface area contributed by atoms with E-state index in [0.29, 0.717) is 6.42 Å². The summed E-state index contributed by atoms with van der Waals surface area (Å²) in [5, 5.41) is 0. The summed E-state index contributed by atoms with van der Waals surface area (Å²) in [7, 11) is -0.809. The van der Waals surface area contributed by atoms with E-state index in [0.717, 1.165) is 14.5 Å². The zero-order valence-electron chi connectivity index (χ0n) is 14.9. The molecule has 0 unspecified atom stereocenters. The molecule has 7 nitrogen and oxygen atoms in total. The molecule has 0 radical (unpaired) electrons. The topological polar surface area (TPSA) is 95.6 Å². The van der Waals surface area contributed by atoms with E-state index in [4.69, 9.17) is 0 Å². The van der Waals surface area contributed by atoms with Crippen LogP contribution < -0.4 is 10.9 Å². The Hall–Kier alpha value is -1.75. The number of hydrogen-bond acceptors (Lipinski definition) is 5. The third kappa shape index (κ3) is 6.13. The average molecular weight is 474 g/mol. The first kappa shape index (κ1) is 21.5. The molecule has 1 aromatic heterocycles. The van der Waals surface area contributed by atoms with Gasteiger partial charge in [-0.25, -0.2) is 12.7 Å². The number of rotatable bonds is 7. The van der Waals surface area contributed by atoms with E-state index in [1.807, 2.05) is 12.1 Å². The monoisotopic (exact) mass is 473 g/mol. The molecule has 0 atom stereocenters. The normalized spacial score (nSPS) is 11.4. The fourth-order valence-corrected chi connectivity index (χ4v) is 4.65. The second kappa shape index (κ2) is 9.45. The van der Waals surface area contributed by atoms with Crippen molar-refractivity contribution in [2.24, 2.45) is 0 Å². The number of hydrazine groups is 1. The number of hydrogen-bond donors (Lipinski definition) is 2. The smallest absolute Gasteiger partial charge is 0.269 e. The summed E-state index contributed by atoms with van der Waals surface area (Å²) in [6.45, 7) is 0. The van der Waals surface area contributed by atoms with E-state index in [1.54, 1.807) is 11.3 Å². The Morgan fingerprint density at radius 2 is 1.89 bits per heavy atom. The van der Waals surface area contributed by atoms with Crippen LogP contribution in [0.25, 0.3) is 0 Å². The van der Waals surface area contributed by atoms with Crippen molar-refractivity contribution in [1.29, 1.82) is 0 Å². The number of nitrogens with one attached hydrogen (secondary N) is 2. The maximum Gasteiger partial charge on any atom is 0.269 e. The minimum absolute atomic E-state index is 0.00795. The SMILES string of the molecule is CN(C)S(=O)(=O)c1cccc(C(=O)NNC(=O)CCCc2ccc(Br)s2)c1. The minimum Gasteiger partial charge on any atom is -0.273 e. The van der Waals surface area contributed by atoms with Crippen molar-refractivity contribution < 1.29 is 18.0 Å². The Balaban J connectivity index is 1.85. The van der Waals surface area contributed by atoms with Gasteiger partial charge in [-0.15, -0.1) is 11.3 Å². The van der Waals surface area contributed by atoms with Crippen molar-refractivity contribution in [3.63, 3.8) is 0 Å². The van der Waals surface area contributed by atoms with Crippen molar-refractivity contribution in [3.8, 4) is 0 Å². The maximum atomic E-state index is 12.2. The van der Waals surface area contributed by atoms with E-state index in [-0.39, 0.29) is 22.8 Å². The molecule has 10 heteroatoms. The summed E-state index contributed by atoms with van der Waals surface area (Å²) in [6.07, 6.45) is 1.71. The number of amides is 2. The average Bonchev–Trinajstić information content (AvgIpc) is 3.04.